The molecule has 32 heavy (non-hydrogen) atoms. The van der Waals surface area contributed by atoms with Crippen molar-refractivity contribution >= 4 is 26.1 Å². The van der Waals surface area contributed by atoms with Crippen LogP contribution in [0, 0.1) is 13.8 Å². The van der Waals surface area contributed by atoms with Crippen LogP contribution < -0.4 is 0 Å². The second-order valence-electron chi connectivity index (χ2n) is 8.65. The van der Waals surface area contributed by atoms with Crippen LogP contribution in [0.3, 0.4) is 0 Å². The maximum Gasteiger partial charge on any atom is 0.194 e. The van der Waals surface area contributed by atoms with Gasteiger partial charge >= 0.3 is 0 Å². The van der Waals surface area contributed by atoms with Gasteiger partial charge in [0.2, 0.25) is 0 Å². The molecule has 1 fully saturated rings. The van der Waals surface area contributed by atoms with Gasteiger partial charge < -0.3 is 0 Å². The molecule has 0 aliphatic carbocycles. The number of aryl methyl sites for hydroxylation is 1. The van der Waals surface area contributed by atoms with E-state index in [1.807, 2.05) is 29.8 Å². The number of hydrogen-bond donors (Lipinski definition) is 0. The third-order valence-electron chi connectivity index (χ3n) is 6.29. The van der Waals surface area contributed by atoms with Gasteiger partial charge in [0, 0.05) is 41.5 Å². The molecule has 7 nitrogen and oxygen atoms in total. The topological polar surface area (TPSA) is 72.5 Å². The minimum atomic E-state index is -2.95. The molecule has 9 heteroatoms. The number of thiazole rings is 1. The Morgan fingerprint density at radius 1 is 1.19 bits per heavy atom. The quantitative estimate of drug-likeness (QED) is 0.429. The smallest absolute Gasteiger partial charge is 0.194 e. The van der Waals surface area contributed by atoms with Crippen molar-refractivity contribution in [3.8, 4) is 11.3 Å². The second-order valence-corrected chi connectivity index (χ2v) is 11.8. The first-order valence-corrected chi connectivity index (χ1v) is 13.5. The minimum Gasteiger partial charge on any atom is -0.296 e. The van der Waals surface area contributed by atoms with Crippen molar-refractivity contribution in [2.75, 3.05) is 18.6 Å². The van der Waals surface area contributed by atoms with Crippen molar-refractivity contribution in [2.24, 2.45) is 0 Å². The average Bonchev–Trinajstić information content (AvgIpc) is 3.50. The number of fused-ring (bicyclic) bond motifs is 1. The standard InChI is InChI=1S/C23H27N5O2S2/c1-16-20(17(2)28(25-16)19-9-12-32(29,30)15-19)13-26(3)14-21-22(18-7-5-4-6-8-18)24-23-27(21)10-11-31-23/h4-8,10-11,19H,9,12-15H2,1-3H3. The Kier molecular flexibility index (Phi) is 5.43. The van der Waals surface area contributed by atoms with E-state index in [2.05, 4.69) is 47.0 Å². The molecule has 0 N–H and O–H groups in total. The third-order valence-corrected chi connectivity index (χ3v) is 8.79. The summed E-state index contributed by atoms with van der Waals surface area (Å²) in [6.45, 7) is 5.55. The molecule has 168 valence electrons. The molecule has 1 atom stereocenters. The highest BCUT2D eigenvalue weighted by Crippen LogP contribution is 2.30. The summed E-state index contributed by atoms with van der Waals surface area (Å²) < 4.78 is 28.0. The fourth-order valence-electron chi connectivity index (χ4n) is 4.64. The van der Waals surface area contributed by atoms with Crippen LogP contribution in [0.5, 0.6) is 0 Å². The van der Waals surface area contributed by atoms with Gasteiger partial charge in [-0.15, -0.1) is 11.3 Å². The Morgan fingerprint density at radius 2 is 1.97 bits per heavy atom. The molecule has 3 aromatic heterocycles. The highest BCUT2D eigenvalue weighted by atomic mass is 32.2. The van der Waals surface area contributed by atoms with Crippen molar-refractivity contribution in [1.29, 1.82) is 0 Å². The SMILES string of the molecule is Cc1nn(C2CCS(=O)(=O)C2)c(C)c1CN(C)Cc1c(-c2ccccc2)nc2sccn12. The number of imidazole rings is 1. The second kappa shape index (κ2) is 8.13. The molecule has 1 unspecified atom stereocenters. The van der Waals surface area contributed by atoms with Crippen LogP contribution in [0.1, 0.15) is 35.1 Å². The number of hydrogen-bond acceptors (Lipinski definition) is 6. The van der Waals surface area contributed by atoms with E-state index in [1.54, 1.807) is 11.3 Å². The van der Waals surface area contributed by atoms with Gasteiger partial charge in [0.1, 0.15) is 0 Å². The Labute approximate surface area is 192 Å². The first-order chi connectivity index (χ1) is 15.3. The third kappa shape index (κ3) is 3.89. The van der Waals surface area contributed by atoms with Gasteiger partial charge in [0.15, 0.2) is 14.8 Å². The van der Waals surface area contributed by atoms with E-state index >= 15 is 0 Å². The molecule has 0 saturated carbocycles. The molecule has 1 aromatic carbocycles. The minimum absolute atomic E-state index is 0.0531. The van der Waals surface area contributed by atoms with Crippen LogP contribution >= 0.6 is 11.3 Å². The van der Waals surface area contributed by atoms with E-state index in [1.165, 1.54) is 11.3 Å². The fourth-order valence-corrected chi connectivity index (χ4v) is 7.07. The van der Waals surface area contributed by atoms with Gasteiger partial charge in [-0.3, -0.25) is 14.0 Å². The Hall–Kier alpha value is -2.49. The summed E-state index contributed by atoms with van der Waals surface area (Å²) in [5.74, 6) is 0.446. The summed E-state index contributed by atoms with van der Waals surface area (Å²) in [5, 5.41) is 6.79. The Balaban J connectivity index is 1.41. The summed E-state index contributed by atoms with van der Waals surface area (Å²) in [7, 11) is -0.840. The van der Waals surface area contributed by atoms with E-state index < -0.39 is 9.84 Å². The molecule has 5 rings (SSSR count). The molecule has 4 aromatic rings. The van der Waals surface area contributed by atoms with Crippen LogP contribution in [-0.4, -0.2) is 51.0 Å². The predicted molar refractivity (Wildman–Crippen MR) is 128 cm³/mol. The number of rotatable bonds is 6. The van der Waals surface area contributed by atoms with Gasteiger partial charge in [-0.2, -0.15) is 5.10 Å². The van der Waals surface area contributed by atoms with E-state index in [4.69, 9.17) is 10.1 Å². The summed E-state index contributed by atoms with van der Waals surface area (Å²) in [6.07, 6.45) is 2.73. The van der Waals surface area contributed by atoms with Crippen LogP contribution in [0.25, 0.3) is 16.2 Å². The number of benzene rings is 1. The van der Waals surface area contributed by atoms with E-state index in [0.717, 1.165) is 40.7 Å². The highest BCUT2D eigenvalue weighted by Gasteiger charge is 2.31. The first-order valence-electron chi connectivity index (χ1n) is 10.8. The average molecular weight is 470 g/mol. The molecular formula is C23H27N5O2S2. The molecule has 4 heterocycles. The van der Waals surface area contributed by atoms with Crippen LogP contribution in [0.2, 0.25) is 0 Å². The van der Waals surface area contributed by atoms with Gasteiger partial charge in [-0.1, -0.05) is 30.3 Å². The van der Waals surface area contributed by atoms with Crippen molar-refractivity contribution in [2.45, 2.75) is 39.4 Å². The zero-order chi connectivity index (χ0) is 22.5. The van der Waals surface area contributed by atoms with E-state index in [9.17, 15) is 8.42 Å². The van der Waals surface area contributed by atoms with E-state index in [0.29, 0.717) is 6.42 Å². The van der Waals surface area contributed by atoms with E-state index in [-0.39, 0.29) is 17.5 Å². The largest absolute Gasteiger partial charge is 0.296 e. The zero-order valence-electron chi connectivity index (χ0n) is 18.5. The molecular weight excluding hydrogens is 442 g/mol. The van der Waals surface area contributed by atoms with Crippen molar-refractivity contribution in [3.63, 3.8) is 0 Å². The highest BCUT2D eigenvalue weighted by molar-refractivity contribution is 7.91. The van der Waals surface area contributed by atoms with Crippen molar-refractivity contribution in [3.05, 3.63) is 64.6 Å². The molecule has 0 amide bonds. The lowest BCUT2D eigenvalue weighted by atomic mass is 10.1. The van der Waals surface area contributed by atoms with Crippen LogP contribution in [0.4, 0.5) is 0 Å². The molecule has 1 aliphatic rings. The summed E-state index contributed by atoms with van der Waals surface area (Å²) in [5.41, 5.74) is 6.51. The predicted octanol–water partition coefficient (Wildman–Crippen LogP) is 3.87. The molecule has 0 bridgehead atoms. The van der Waals surface area contributed by atoms with Crippen molar-refractivity contribution in [1.82, 2.24) is 24.1 Å². The van der Waals surface area contributed by atoms with Gasteiger partial charge in [-0.25, -0.2) is 13.4 Å². The lowest BCUT2D eigenvalue weighted by Crippen LogP contribution is -2.20. The van der Waals surface area contributed by atoms with Crippen LogP contribution in [-0.2, 0) is 22.9 Å². The Bertz CT molecular complexity index is 1370. The normalized spacial score (nSPS) is 18.2. The lowest BCUT2D eigenvalue weighted by molar-refractivity contribution is 0.313. The van der Waals surface area contributed by atoms with Gasteiger partial charge in [-0.05, 0) is 27.3 Å². The lowest BCUT2D eigenvalue weighted by Gasteiger charge is -2.18. The van der Waals surface area contributed by atoms with Crippen LogP contribution in [0.15, 0.2) is 41.9 Å². The number of nitrogens with zero attached hydrogens (tertiary/aromatic N) is 5. The first kappa shape index (κ1) is 21.4. The monoisotopic (exact) mass is 469 g/mol. The van der Waals surface area contributed by atoms with Crippen molar-refractivity contribution < 1.29 is 8.42 Å². The number of aromatic nitrogens is 4. The fraction of sp³-hybridized carbons (Fsp3) is 0.391. The maximum atomic E-state index is 11.9. The van der Waals surface area contributed by atoms with Gasteiger partial charge in [0.25, 0.3) is 0 Å². The van der Waals surface area contributed by atoms with Gasteiger partial charge in [0.05, 0.1) is 34.6 Å². The zero-order valence-corrected chi connectivity index (χ0v) is 20.2. The molecule has 0 radical (unpaired) electrons. The molecule has 1 aliphatic heterocycles. The molecule has 1 saturated heterocycles. The summed E-state index contributed by atoms with van der Waals surface area (Å²) in [4.78, 5) is 8.16. The number of sulfone groups is 1. The summed E-state index contributed by atoms with van der Waals surface area (Å²) in [6, 6.07) is 10.3. The Morgan fingerprint density at radius 3 is 2.69 bits per heavy atom. The maximum absolute atomic E-state index is 11.9. The summed E-state index contributed by atoms with van der Waals surface area (Å²) >= 11 is 1.64. The molecule has 0 spiro atoms.